The summed E-state index contributed by atoms with van der Waals surface area (Å²) in [6.07, 6.45) is 14.4. The molecule has 3 saturated carbocycles. The van der Waals surface area contributed by atoms with Crippen molar-refractivity contribution in [1.29, 1.82) is 0 Å². The van der Waals surface area contributed by atoms with Crippen molar-refractivity contribution >= 4 is 5.78 Å². The molecule has 0 aromatic carbocycles. The van der Waals surface area contributed by atoms with Crippen molar-refractivity contribution in [3.63, 3.8) is 0 Å². The molecule has 5 aliphatic carbocycles. The third-order valence-corrected chi connectivity index (χ3v) is 12.3. The topological polar surface area (TPSA) is 37.3 Å². The van der Waals surface area contributed by atoms with E-state index in [2.05, 4.69) is 67.5 Å². The maximum Gasteiger partial charge on any atom is 0.159 e. The summed E-state index contributed by atoms with van der Waals surface area (Å²) in [6, 6.07) is 0. The minimum absolute atomic E-state index is 0.0216. The second-order valence-electron chi connectivity index (χ2n) is 14.8. The summed E-state index contributed by atoms with van der Waals surface area (Å²) in [4.78, 5) is 14.1. The van der Waals surface area contributed by atoms with Gasteiger partial charge in [-0.15, -0.1) is 0 Å². The number of aliphatic hydroxyl groups is 1. The molecule has 0 heterocycles. The molecule has 2 nitrogen and oxygen atoms in total. The Labute approximate surface area is 196 Å². The van der Waals surface area contributed by atoms with E-state index in [1.807, 2.05) is 6.08 Å². The number of aliphatic hydroxyl groups excluding tert-OH is 1. The van der Waals surface area contributed by atoms with Crippen LogP contribution in [0.3, 0.4) is 0 Å². The normalized spacial score (nSPS) is 53.4. The Hall–Kier alpha value is -0.890. The van der Waals surface area contributed by atoms with Gasteiger partial charge in [0.25, 0.3) is 0 Å². The molecule has 0 amide bonds. The van der Waals surface area contributed by atoms with Crippen LogP contribution in [0.1, 0.15) is 100 Å². The lowest BCUT2D eigenvalue weighted by molar-refractivity contribution is -0.169. The highest BCUT2D eigenvalue weighted by Crippen LogP contribution is 2.74. The molecule has 32 heavy (non-hydrogen) atoms. The number of hydrogen-bond donors (Lipinski definition) is 1. The van der Waals surface area contributed by atoms with Crippen LogP contribution in [-0.2, 0) is 4.79 Å². The van der Waals surface area contributed by atoms with Crippen LogP contribution in [-0.4, -0.2) is 17.0 Å². The fourth-order valence-corrected chi connectivity index (χ4v) is 9.75. The highest BCUT2D eigenvalue weighted by molar-refractivity contribution is 5.95. The van der Waals surface area contributed by atoms with Crippen LogP contribution in [0.4, 0.5) is 0 Å². The first-order valence-corrected chi connectivity index (χ1v) is 13.2. The summed E-state index contributed by atoms with van der Waals surface area (Å²) in [5, 5.41) is 10.8. The van der Waals surface area contributed by atoms with E-state index in [0.717, 1.165) is 12.8 Å². The van der Waals surface area contributed by atoms with Gasteiger partial charge in [-0.1, -0.05) is 73.1 Å². The van der Waals surface area contributed by atoms with Crippen LogP contribution in [0.5, 0.6) is 0 Å². The summed E-state index contributed by atoms with van der Waals surface area (Å²) < 4.78 is 0. The molecule has 0 spiro atoms. The van der Waals surface area contributed by atoms with E-state index in [9.17, 15) is 9.90 Å². The van der Waals surface area contributed by atoms with E-state index in [1.165, 1.54) is 37.7 Å². The van der Waals surface area contributed by atoms with Gasteiger partial charge in [0.15, 0.2) is 5.78 Å². The Morgan fingerprint density at radius 3 is 2.25 bits per heavy atom. The molecule has 5 rings (SSSR count). The Morgan fingerprint density at radius 1 is 0.906 bits per heavy atom. The number of fused-ring (bicyclic) bond motifs is 7. The number of allylic oxidation sites excluding steroid dienone is 3. The lowest BCUT2D eigenvalue weighted by Gasteiger charge is -2.69. The van der Waals surface area contributed by atoms with Crippen LogP contribution in [0, 0.1) is 50.2 Å². The van der Waals surface area contributed by atoms with Gasteiger partial charge in [-0.2, -0.15) is 0 Å². The van der Waals surface area contributed by atoms with Gasteiger partial charge in [0.05, 0.1) is 6.10 Å². The third kappa shape index (κ3) is 2.65. The highest BCUT2D eigenvalue weighted by atomic mass is 16.3. The van der Waals surface area contributed by atoms with Crippen LogP contribution in [0.25, 0.3) is 0 Å². The van der Waals surface area contributed by atoms with Crippen molar-refractivity contribution in [2.45, 2.75) is 106 Å². The van der Waals surface area contributed by atoms with Gasteiger partial charge >= 0.3 is 0 Å². The highest BCUT2D eigenvalue weighted by Gasteiger charge is 2.68. The van der Waals surface area contributed by atoms with Gasteiger partial charge in [-0.05, 0) is 89.9 Å². The average molecular weight is 439 g/mol. The zero-order valence-electron chi connectivity index (χ0n) is 21.8. The van der Waals surface area contributed by atoms with Crippen molar-refractivity contribution in [1.82, 2.24) is 0 Å². The first-order valence-electron chi connectivity index (χ1n) is 13.2. The fraction of sp³-hybridized carbons (Fsp3) is 0.833. The van der Waals surface area contributed by atoms with Gasteiger partial charge in [0, 0.05) is 11.3 Å². The molecule has 2 heteroatoms. The zero-order chi connectivity index (χ0) is 23.5. The predicted molar refractivity (Wildman–Crippen MR) is 131 cm³/mol. The number of rotatable bonds is 0. The third-order valence-electron chi connectivity index (χ3n) is 12.3. The van der Waals surface area contributed by atoms with Crippen LogP contribution < -0.4 is 0 Å². The Kier molecular flexibility index (Phi) is 4.58. The molecular weight excluding hydrogens is 392 g/mol. The number of ketones is 1. The first kappa shape index (κ1) is 22.9. The molecule has 0 radical (unpaired) electrons. The number of carbonyl (C=O) groups excluding carboxylic acids is 1. The first-order chi connectivity index (χ1) is 14.6. The number of hydrogen-bond acceptors (Lipinski definition) is 2. The number of carbonyl (C=O) groups is 1. The molecule has 1 N–H and O–H groups in total. The van der Waals surface area contributed by atoms with Crippen LogP contribution >= 0.6 is 0 Å². The van der Waals surface area contributed by atoms with E-state index in [0.29, 0.717) is 28.4 Å². The average Bonchev–Trinajstić information content (AvgIpc) is 2.68. The maximum absolute atomic E-state index is 14.1. The SMILES string of the molecule is CC1(C)CC[C@]2(C)CC[C@]3(C)C(C(=O)C=C4[C@@]5(C)C=CC(O)C(C)(C)[C@@H]5CC[C@]43C)C2C1. The lowest BCUT2D eigenvalue weighted by Crippen LogP contribution is -2.64. The van der Waals surface area contributed by atoms with E-state index in [4.69, 9.17) is 0 Å². The quantitative estimate of drug-likeness (QED) is 0.409. The molecule has 0 aromatic rings. The van der Waals surface area contributed by atoms with Gasteiger partial charge in [-0.25, -0.2) is 0 Å². The summed E-state index contributed by atoms with van der Waals surface area (Å²) in [5.74, 6) is 1.43. The second-order valence-corrected chi connectivity index (χ2v) is 14.8. The van der Waals surface area contributed by atoms with Crippen molar-refractivity contribution in [2.24, 2.45) is 50.2 Å². The van der Waals surface area contributed by atoms with E-state index in [1.54, 1.807) is 0 Å². The Morgan fingerprint density at radius 2 is 1.56 bits per heavy atom. The molecule has 0 bridgehead atoms. The largest absolute Gasteiger partial charge is 0.388 e. The Balaban J connectivity index is 1.65. The molecule has 8 atom stereocenters. The molecule has 0 saturated heterocycles. The molecule has 5 aliphatic rings. The van der Waals surface area contributed by atoms with Crippen molar-refractivity contribution in [2.75, 3.05) is 0 Å². The fourth-order valence-electron chi connectivity index (χ4n) is 9.75. The lowest BCUT2D eigenvalue weighted by atomic mass is 9.34. The standard InChI is InChI=1S/C30H46O2/c1-25(2)13-14-27(5)15-16-30(8)24(19(27)18-25)20(31)17-22-28(6)11-10-23(32)26(3,4)21(28)9-12-29(22,30)7/h10-11,17,19,21,23-24,32H,9,12-16,18H2,1-8H3/t19?,21-,23?,24?,27+,28-,29+,30+/m0/s1. The monoisotopic (exact) mass is 438 g/mol. The van der Waals surface area contributed by atoms with E-state index >= 15 is 0 Å². The van der Waals surface area contributed by atoms with Crippen molar-refractivity contribution < 1.29 is 9.90 Å². The summed E-state index contributed by atoms with van der Waals surface area (Å²) in [7, 11) is 0. The van der Waals surface area contributed by atoms with Gasteiger partial charge in [-0.3, -0.25) is 4.79 Å². The zero-order valence-corrected chi connectivity index (χ0v) is 21.8. The molecule has 3 fully saturated rings. The molecule has 3 unspecified atom stereocenters. The van der Waals surface area contributed by atoms with Crippen molar-refractivity contribution in [3.05, 3.63) is 23.8 Å². The minimum atomic E-state index is -0.409. The van der Waals surface area contributed by atoms with Gasteiger partial charge in [0.1, 0.15) is 0 Å². The molecule has 0 aliphatic heterocycles. The predicted octanol–water partition coefficient (Wildman–Crippen LogP) is 7.12. The second kappa shape index (κ2) is 6.41. The smallest absolute Gasteiger partial charge is 0.159 e. The van der Waals surface area contributed by atoms with Crippen molar-refractivity contribution in [3.8, 4) is 0 Å². The minimum Gasteiger partial charge on any atom is -0.388 e. The molecular formula is C30H46O2. The van der Waals surface area contributed by atoms with Crippen LogP contribution in [0.2, 0.25) is 0 Å². The molecule has 178 valence electrons. The summed E-state index contributed by atoms with van der Waals surface area (Å²) >= 11 is 0. The molecule has 0 aromatic heterocycles. The Bertz CT molecular complexity index is 908. The van der Waals surface area contributed by atoms with E-state index < -0.39 is 6.10 Å². The van der Waals surface area contributed by atoms with Crippen LogP contribution in [0.15, 0.2) is 23.8 Å². The van der Waals surface area contributed by atoms with E-state index in [-0.39, 0.29) is 27.6 Å². The summed E-state index contributed by atoms with van der Waals surface area (Å²) in [5.41, 5.74) is 1.77. The van der Waals surface area contributed by atoms with Gasteiger partial charge in [0.2, 0.25) is 0 Å². The summed E-state index contributed by atoms with van der Waals surface area (Å²) in [6.45, 7) is 19.1. The maximum atomic E-state index is 14.1. The van der Waals surface area contributed by atoms with Gasteiger partial charge < -0.3 is 5.11 Å².